The fraction of sp³-hybridized carbons (Fsp3) is 0. The highest BCUT2D eigenvalue weighted by Gasteiger charge is 2.21. The predicted octanol–water partition coefficient (Wildman–Crippen LogP) is 15.5. The maximum atomic E-state index is 6.53. The zero-order valence-corrected chi connectivity index (χ0v) is 31.2. The summed E-state index contributed by atoms with van der Waals surface area (Å²) in [6.07, 6.45) is 0. The smallest absolute Gasteiger partial charge is 0.159 e. The molecule has 0 saturated carbocycles. The van der Waals surface area contributed by atoms with Gasteiger partial charge in [-0.1, -0.05) is 158 Å². The normalized spacial score (nSPS) is 11.2. The average molecular weight is 731 g/mol. The van der Waals surface area contributed by atoms with Gasteiger partial charge in [-0.25, -0.2) is 0 Å². The van der Waals surface area contributed by atoms with Gasteiger partial charge in [0.1, 0.15) is 5.58 Å². The quantitative estimate of drug-likeness (QED) is 0.147. The third kappa shape index (κ3) is 6.52. The van der Waals surface area contributed by atoms with Gasteiger partial charge in [-0.05, 0) is 101 Å². The molecule has 0 N–H and O–H groups in total. The van der Waals surface area contributed by atoms with E-state index in [9.17, 15) is 0 Å². The van der Waals surface area contributed by atoms with Crippen molar-refractivity contribution >= 4 is 56.1 Å². The average Bonchev–Trinajstić information content (AvgIpc) is 3.68. The fourth-order valence-electron chi connectivity index (χ4n) is 7.91. The second-order valence-corrected chi connectivity index (χ2v) is 14.2. The maximum absolute atomic E-state index is 6.53. The Kier molecular flexibility index (Phi) is 8.86. The number of fused-ring (bicyclic) bond motifs is 3. The number of para-hydroxylation sites is 4. The number of nitrogens with zero attached hydrogens (tertiary/aromatic N) is 2. The lowest BCUT2D eigenvalue weighted by atomic mass is 9.95. The summed E-state index contributed by atoms with van der Waals surface area (Å²) in [4.78, 5) is 4.65. The number of anilines is 6. The molecule has 0 saturated heterocycles. The standard InChI is InChI=1S/C54H38N2O/c1-5-16-39(17-6-1)40-28-33-46(34-29-40)55(44-20-9-3-10-21-44)51-37-32-43(38-50(51)42-18-7-2-8-19-42)41-30-35-47(36-31-41)56(45-22-11-4-12-23-45)52-26-15-25-49-48-24-13-14-27-53(48)57-54(49)52/h1-38H. The van der Waals surface area contributed by atoms with E-state index in [2.05, 4.69) is 228 Å². The monoisotopic (exact) mass is 730 g/mol. The largest absolute Gasteiger partial charge is 0.454 e. The van der Waals surface area contributed by atoms with Crippen molar-refractivity contribution in [2.75, 3.05) is 9.80 Å². The summed E-state index contributed by atoms with van der Waals surface area (Å²) >= 11 is 0. The topological polar surface area (TPSA) is 19.6 Å². The molecule has 0 unspecified atom stereocenters. The van der Waals surface area contributed by atoms with Crippen molar-refractivity contribution in [1.82, 2.24) is 0 Å². The summed E-state index contributed by atoms with van der Waals surface area (Å²) in [5.74, 6) is 0. The Morgan fingerprint density at radius 1 is 0.281 bits per heavy atom. The molecule has 0 aliphatic heterocycles. The molecule has 0 fully saturated rings. The van der Waals surface area contributed by atoms with Crippen LogP contribution in [0.1, 0.15) is 0 Å². The second kappa shape index (κ2) is 14.9. The van der Waals surface area contributed by atoms with Crippen LogP contribution in [0.5, 0.6) is 0 Å². The summed E-state index contributed by atoms with van der Waals surface area (Å²) in [5.41, 5.74) is 15.1. The lowest BCUT2D eigenvalue weighted by Gasteiger charge is -2.28. The Labute approximate surface area is 333 Å². The van der Waals surface area contributed by atoms with Crippen LogP contribution in [0.2, 0.25) is 0 Å². The van der Waals surface area contributed by atoms with Crippen LogP contribution in [0.25, 0.3) is 55.3 Å². The molecule has 0 radical (unpaired) electrons. The summed E-state index contributed by atoms with van der Waals surface area (Å²) in [7, 11) is 0. The molecule has 0 bridgehead atoms. The summed E-state index contributed by atoms with van der Waals surface area (Å²) < 4.78 is 6.53. The Morgan fingerprint density at radius 2 is 0.719 bits per heavy atom. The third-order valence-electron chi connectivity index (χ3n) is 10.7. The molecule has 1 heterocycles. The van der Waals surface area contributed by atoms with E-state index in [0.29, 0.717) is 0 Å². The summed E-state index contributed by atoms with van der Waals surface area (Å²) in [5, 5.41) is 2.22. The molecule has 0 spiro atoms. The first kappa shape index (κ1) is 33.9. The molecule has 3 heteroatoms. The van der Waals surface area contributed by atoms with Crippen LogP contribution in [0.4, 0.5) is 34.1 Å². The van der Waals surface area contributed by atoms with Crippen LogP contribution in [0, 0.1) is 0 Å². The highest BCUT2D eigenvalue weighted by Crippen LogP contribution is 2.45. The predicted molar refractivity (Wildman–Crippen MR) is 239 cm³/mol. The van der Waals surface area contributed by atoms with Crippen molar-refractivity contribution < 1.29 is 4.42 Å². The van der Waals surface area contributed by atoms with Gasteiger partial charge in [-0.15, -0.1) is 0 Å². The molecule has 0 amide bonds. The van der Waals surface area contributed by atoms with Gasteiger partial charge in [-0.3, -0.25) is 0 Å². The van der Waals surface area contributed by atoms with E-state index in [1.807, 2.05) is 12.1 Å². The number of hydrogen-bond donors (Lipinski definition) is 0. The molecule has 3 nitrogen and oxygen atoms in total. The van der Waals surface area contributed by atoms with Gasteiger partial charge in [0.2, 0.25) is 0 Å². The Bertz CT molecular complexity index is 2920. The van der Waals surface area contributed by atoms with Crippen LogP contribution in [-0.4, -0.2) is 0 Å². The molecule has 1 aromatic heterocycles. The van der Waals surface area contributed by atoms with Crippen molar-refractivity contribution in [2.45, 2.75) is 0 Å². The molecule has 0 aliphatic carbocycles. The van der Waals surface area contributed by atoms with Crippen molar-refractivity contribution in [3.05, 3.63) is 231 Å². The molecule has 9 aromatic carbocycles. The van der Waals surface area contributed by atoms with Gasteiger partial charge in [-0.2, -0.15) is 0 Å². The molecular weight excluding hydrogens is 693 g/mol. The minimum absolute atomic E-state index is 0.868. The number of rotatable bonds is 9. The first-order chi connectivity index (χ1) is 28.3. The molecule has 270 valence electrons. The lowest BCUT2D eigenvalue weighted by molar-refractivity contribution is 0.669. The van der Waals surface area contributed by atoms with E-state index in [0.717, 1.165) is 78.3 Å². The minimum atomic E-state index is 0.868. The Hall–Kier alpha value is -7.62. The molecule has 0 atom stereocenters. The highest BCUT2D eigenvalue weighted by molar-refractivity contribution is 6.10. The van der Waals surface area contributed by atoms with Crippen LogP contribution in [-0.2, 0) is 0 Å². The van der Waals surface area contributed by atoms with E-state index in [-0.39, 0.29) is 0 Å². The first-order valence-corrected chi connectivity index (χ1v) is 19.3. The van der Waals surface area contributed by atoms with E-state index in [4.69, 9.17) is 4.42 Å². The number of hydrogen-bond acceptors (Lipinski definition) is 3. The van der Waals surface area contributed by atoms with Crippen LogP contribution in [0.15, 0.2) is 235 Å². The minimum Gasteiger partial charge on any atom is -0.454 e. The van der Waals surface area contributed by atoms with Crippen LogP contribution < -0.4 is 9.80 Å². The van der Waals surface area contributed by atoms with E-state index in [1.165, 1.54) is 11.1 Å². The summed E-state index contributed by atoms with van der Waals surface area (Å²) in [6, 6.07) is 81.6. The van der Waals surface area contributed by atoms with E-state index < -0.39 is 0 Å². The lowest BCUT2D eigenvalue weighted by Crippen LogP contribution is -2.11. The first-order valence-electron chi connectivity index (χ1n) is 19.3. The third-order valence-corrected chi connectivity index (χ3v) is 10.7. The molecule has 0 aliphatic rings. The van der Waals surface area contributed by atoms with Gasteiger partial charge in [0.15, 0.2) is 5.58 Å². The fourth-order valence-corrected chi connectivity index (χ4v) is 7.91. The highest BCUT2D eigenvalue weighted by atomic mass is 16.3. The summed E-state index contributed by atoms with van der Waals surface area (Å²) in [6.45, 7) is 0. The Morgan fingerprint density at radius 3 is 1.33 bits per heavy atom. The van der Waals surface area contributed by atoms with Gasteiger partial charge >= 0.3 is 0 Å². The second-order valence-electron chi connectivity index (χ2n) is 14.2. The van der Waals surface area contributed by atoms with E-state index in [1.54, 1.807) is 0 Å². The Balaban J connectivity index is 1.07. The SMILES string of the molecule is c1ccc(-c2ccc(N(c3ccccc3)c3ccc(-c4ccc(N(c5ccccc5)c5cccc6c5oc5ccccc56)cc4)cc3-c3ccccc3)cc2)cc1. The van der Waals surface area contributed by atoms with Crippen molar-refractivity contribution in [3.63, 3.8) is 0 Å². The molecule has 10 rings (SSSR count). The van der Waals surface area contributed by atoms with Crippen LogP contribution >= 0.6 is 0 Å². The van der Waals surface area contributed by atoms with Gasteiger partial charge in [0.05, 0.1) is 11.4 Å². The van der Waals surface area contributed by atoms with Gasteiger partial charge < -0.3 is 14.2 Å². The van der Waals surface area contributed by atoms with Gasteiger partial charge in [0, 0.05) is 39.1 Å². The van der Waals surface area contributed by atoms with Crippen molar-refractivity contribution in [2.24, 2.45) is 0 Å². The maximum Gasteiger partial charge on any atom is 0.159 e. The van der Waals surface area contributed by atoms with Gasteiger partial charge in [0.25, 0.3) is 0 Å². The molecular formula is C54H38N2O. The zero-order chi connectivity index (χ0) is 38.0. The number of benzene rings is 9. The van der Waals surface area contributed by atoms with Crippen LogP contribution in [0.3, 0.4) is 0 Å². The number of furan rings is 1. The van der Waals surface area contributed by atoms with Crippen molar-refractivity contribution in [1.29, 1.82) is 0 Å². The molecule has 57 heavy (non-hydrogen) atoms. The van der Waals surface area contributed by atoms with E-state index >= 15 is 0 Å². The molecule has 10 aromatic rings. The zero-order valence-electron chi connectivity index (χ0n) is 31.2. The van der Waals surface area contributed by atoms with Crippen molar-refractivity contribution in [3.8, 4) is 33.4 Å².